The molecule has 0 saturated carbocycles. The second kappa shape index (κ2) is 13.3. The van der Waals surface area contributed by atoms with Crippen LogP contribution in [0.25, 0.3) is 0 Å². The minimum atomic E-state index is -0.835. The van der Waals surface area contributed by atoms with Crippen molar-refractivity contribution in [1.29, 1.82) is 0 Å². The third-order valence-corrected chi connectivity index (χ3v) is 7.44. The molecular weight excluding hydrogens is 484 g/mol. The van der Waals surface area contributed by atoms with Crippen molar-refractivity contribution in [3.05, 3.63) is 70.8 Å². The Labute approximate surface area is 225 Å². The molecule has 2 saturated heterocycles. The molecule has 206 valence electrons. The molecule has 8 heteroatoms. The smallest absolute Gasteiger partial charge is 0.303 e. The lowest BCUT2D eigenvalue weighted by molar-refractivity contribution is -0.276. The van der Waals surface area contributed by atoms with Gasteiger partial charge < -0.3 is 29.5 Å². The van der Waals surface area contributed by atoms with Crippen LogP contribution >= 0.6 is 0 Å². The zero-order chi connectivity index (χ0) is 27.1. The molecule has 2 N–H and O–H groups in total. The SMILES string of the molecule is CC(=O)O[C@@H](C)C(=O)NCc1ccc([C@@H]2O[C@H](CN3CCCCC3)[C@H](C)[C@H](c3ccc(CO)cc3)O2)cc1. The van der Waals surface area contributed by atoms with E-state index >= 15 is 0 Å². The van der Waals surface area contributed by atoms with Gasteiger partial charge in [-0.15, -0.1) is 0 Å². The van der Waals surface area contributed by atoms with Gasteiger partial charge in [-0.05, 0) is 49.5 Å². The number of nitrogens with zero attached hydrogens (tertiary/aromatic N) is 1. The summed E-state index contributed by atoms with van der Waals surface area (Å²) in [6.07, 6.45) is 2.26. The highest BCUT2D eigenvalue weighted by Crippen LogP contribution is 2.42. The van der Waals surface area contributed by atoms with Gasteiger partial charge in [0.2, 0.25) is 0 Å². The van der Waals surface area contributed by atoms with Crippen molar-refractivity contribution in [1.82, 2.24) is 10.2 Å². The highest BCUT2D eigenvalue weighted by Gasteiger charge is 2.39. The number of nitrogens with one attached hydrogen (secondary N) is 1. The molecule has 2 aromatic carbocycles. The predicted octanol–water partition coefficient (Wildman–Crippen LogP) is 4.02. The number of carbonyl (C=O) groups is 2. The Balaban J connectivity index is 1.46. The van der Waals surface area contributed by atoms with Crippen LogP contribution in [0, 0.1) is 5.92 Å². The lowest BCUT2D eigenvalue weighted by Gasteiger charge is -2.43. The number of benzene rings is 2. The Bertz CT molecular complexity index is 1050. The van der Waals surface area contributed by atoms with E-state index in [2.05, 4.69) is 17.1 Å². The quantitative estimate of drug-likeness (QED) is 0.478. The number of ether oxygens (including phenoxy) is 3. The predicted molar refractivity (Wildman–Crippen MR) is 143 cm³/mol. The number of aliphatic hydroxyl groups is 1. The summed E-state index contributed by atoms with van der Waals surface area (Å²) in [4.78, 5) is 25.7. The minimum absolute atomic E-state index is 0.0103. The molecule has 0 unspecified atom stereocenters. The summed E-state index contributed by atoms with van der Waals surface area (Å²) in [5.74, 6) is -0.672. The van der Waals surface area contributed by atoms with Crippen LogP contribution in [-0.4, -0.2) is 53.7 Å². The van der Waals surface area contributed by atoms with Crippen LogP contribution in [0.1, 0.15) is 74.7 Å². The van der Waals surface area contributed by atoms with Gasteiger partial charge in [-0.3, -0.25) is 9.59 Å². The molecule has 4 rings (SSSR count). The first-order chi connectivity index (χ1) is 18.3. The molecule has 0 bridgehead atoms. The number of esters is 1. The second-order valence-electron chi connectivity index (χ2n) is 10.4. The van der Waals surface area contributed by atoms with Crippen molar-refractivity contribution in [2.75, 3.05) is 19.6 Å². The average Bonchev–Trinajstić information content (AvgIpc) is 2.93. The van der Waals surface area contributed by atoms with Crippen molar-refractivity contribution in [2.24, 2.45) is 5.92 Å². The van der Waals surface area contributed by atoms with Crippen LogP contribution in [0.3, 0.4) is 0 Å². The highest BCUT2D eigenvalue weighted by molar-refractivity contribution is 5.82. The Morgan fingerprint density at radius 3 is 2.26 bits per heavy atom. The first-order valence-electron chi connectivity index (χ1n) is 13.6. The summed E-state index contributed by atoms with van der Waals surface area (Å²) >= 11 is 0. The van der Waals surface area contributed by atoms with E-state index in [0.717, 1.165) is 41.9 Å². The molecule has 1 amide bonds. The fraction of sp³-hybridized carbons (Fsp3) is 0.533. The lowest BCUT2D eigenvalue weighted by Crippen LogP contribution is -2.45. The fourth-order valence-corrected chi connectivity index (χ4v) is 5.15. The van der Waals surface area contributed by atoms with Gasteiger partial charge >= 0.3 is 5.97 Å². The van der Waals surface area contributed by atoms with Crippen molar-refractivity contribution < 1.29 is 28.9 Å². The summed E-state index contributed by atoms with van der Waals surface area (Å²) in [5.41, 5.74) is 3.79. The molecule has 2 aliphatic heterocycles. The number of amides is 1. The van der Waals surface area contributed by atoms with Crippen LogP contribution < -0.4 is 5.32 Å². The Hall–Kier alpha value is -2.78. The summed E-state index contributed by atoms with van der Waals surface area (Å²) in [6.45, 7) is 8.44. The summed E-state index contributed by atoms with van der Waals surface area (Å²) < 4.78 is 18.0. The van der Waals surface area contributed by atoms with Crippen molar-refractivity contribution in [3.63, 3.8) is 0 Å². The Morgan fingerprint density at radius 1 is 1.00 bits per heavy atom. The molecular formula is C30H40N2O6. The molecule has 8 nitrogen and oxygen atoms in total. The number of likely N-dealkylation sites (tertiary alicyclic amines) is 1. The van der Waals surface area contributed by atoms with E-state index in [9.17, 15) is 14.7 Å². The average molecular weight is 525 g/mol. The summed E-state index contributed by atoms with van der Waals surface area (Å²) in [5, 5.41) is 12.3. The van der Waals surface area contributed by atoms with Crippen LogP contribution in [0.4, 0.5) is 0 Å². The zero-order valence-corrected chi connectivity index (χ0v) is 22.6. The molecule has 38 heavy (non-hydrogen) atoms. The molecule has 2 aliphatic rings. The van der Waals surface area contributed by atoms with E-state index in [1.165, 1.54) is 26.2 Å². The van der Waals surface area contributed by atoms with Gasteiger partial charge in [0.15, 0.2) is 12.4 Å². The van der Waals surface area contributed by atoms with E-state index in [4.69, 9.17) is 14.2 Å². The maximum absolute atomic E-state index is 12.2. The number of rotatable bonds is 9. The van der Waals surface area contributed by atoms with E-state index in [1.54, 1.807) is 6.92 Å². The Kier molecular flexibility index (Phi) is 9.91. The maximum atomic E-state index is 12.2. The molecule has 0 radical (unpaired) electrons. The second-order valence-corrected chi connectivity index (χ2v) is 10.4. The number of hydrogen-bond acceptors (Lipinski definition) is 7. The monoisotopic (exact) mass is 524 g/mol. The molecule has 0 aliphatic carbocycles. The molecule has 2 aromatic rings. The maximum Gasteiger partial charge on any atom is 0.303 e. The fourth-order valence-electron chi connectivity index (χ4n) is 5.15. The van der Waals surface area contributed by atoms with Gasteiger partial charge in [-0.25, -0.2) is 0 Å². The van der Waals surface area contributed by atoms with Crippen LogP contribution in [0.15, 0.2) is 48.5 Å². The highest BCUT2D eigenvalue weighted by atomic mass is 16.7. The normalized spacial score (nSPS) is 24.9. The van der Waals surface area contributed by atoms with Crippen molar-refractivity contribution in [3.8, 4) is 0 Å². The van der Waals surface area contributed by atoms with E-state index in [-0.39, 0.29) is 30.6 Å². The van der Waals surface area contributed by atoms with Crippen LogP contribution in [0.5, 0.6) is 0 Å². The first kappa shape index (κ1) is 28.2. The zero-order valence-electron chi connectivity index (χ0n) is 22.6. The van der Waals surface area contributed by atoms with Gasteiger partial charge in [0.1, 0.15) is 0 Å². The summed E-state index contributed by atoms with van der Waals surface area (Å²) in [6, 6.07) is 15.8. The standard InChI is InChI=1S/C30H40N2O6/c1-20-27(18-32-15-5-4-6-16-32)37-30(38-28(20)25-11-9-24(19-33)10-12-25)26-13-7-23(8-14-26)17-31-29(35)21(2)36-22(3)34/h7-14,20-21,27-28,30,33H,4-6,15-19H2,1-3H3,(H,31,35)/t20-,21-,27+,28+,30+/m0/s1. The van der Waals surface area contributed by atoms with Gasteiger partial charge in [0.05, 0.1) is 18.8 Å². The topological polar surface area (TPSA) is 97.3 Å². The van der Waals surface area contributed by atoms with Crippen molar-refractivity contribution in [2.45, 2.75) is 77.8 Å². The minimum Gasteiger partial charge on any atom is -0.453 e. The summed E-state index contributed by atoms with van der Waals surface area (Å²) in [7, 11) is 0. The molecule has 0 aromatic heterocycles. The molecule has 2 heterocycles. The largest absolute Gasteiger partial charge is 0.453 e. The number of hydrogen-bond donors (Lipinski definition) is 2. The first-order valence-corrected chi connectivity index (χ1v) is 13.6. The Morgan fingerprint density at radius 2 is 1.63 bits per heavy atom. The number of carbonyl (C=O) groups excluding carboxylic acids is 2. The third-order valence-electron chi connectivity index (χ3n) is 7.44. The van der Waals surface area contributed by atoms with Crippen LogP contribution in [-0.2, 0) is 37.0 Å². The van der Waals surface area contributed by atoms with Gasteiger partial charge in [0.25, 0.3) is 5.91 Å². The third kappa shape index (κ3) is 7.41. The van der Waals surface area contributed by atoms with Gasteiger partial charge in [-0.2, -0.15) is 0 Å². The van der Waals surface area contributed by atoms with Crippen LogP contribution in [0.2, 0.25) is 0 Å². The van der Waals surface area contributed by atoms with Gasteiger partial charge in [-0.1, -0.05) is 61.9 Å². The van der Waals surface area contributed by atoms with E-state index in [1.807, 2.05) is 48.5 Å². The van der Waals surface area contributed by atoms with E-state index in [0.29, 0.717) is 6.54 Å². The molecule has 2 fully saturated rings. The molecule has 0 spiro atoms. The van der Waals surface area contributed by atoms with E-state index < -0.39 is 18.4 Å². The molecule has 5 atom stereocenters. The van der Waals surface area contributed by atoms with Gasteiger partial charge in [0, 0.05) is 31.5 Å². The lowest BCUT2D eigenvalue weighted by atomic mass is 9.89. The van der Waals surface area contributed by atoms with Crippen molar-refractivity contribution >= 4 is 11.9 Å². The number of piperidine rings is 1. The number of aliphatic hydroxyl groups excluding tert-OH is 1.